The minimum atomic E-state index is -0.530. The number of unbranched alkanes of at least 4 members (excludes halogenated alkanes) is 2. The van der Waals surface area contributed by atoms with Gasteiger partial charge < -0.3 is 25.2 Å². The zero-order valence-corrected chi connectivity index (χ0v) is 26.2. The summed E-state index contributed by atoms with van der Waals surface area (Å²) in [6, 6.07) is 26.7. The number of likely N-dealkylation sites (N-methyl/N-ethyl adjacent to an activating group) is 1. The second-order valence-corrected chi connectivity index (χ2v) is 11.7. The molecule has 0 unspecified atom stereocenters. The van der Waals surface area contributed by atoms with E-state index in [4.69, 9.17) is 9.47 Å². The van der Waals surface area contributed by atoms with Crippen LogP contribution in [-0.2, 0) is 32.2 Å². The van der Waals surface area contributed by atoms with Gasteiger partial charge in [-0.15, -0.1) is 0 Å². The number of hydrogen-bond acceptors (Lipinski definition) is 6. The first-order chi connectivity index (χ1) is 21.3. The molecule has 0 bridgehead atoms. The molecule has 1 aliphatic rings. The topological polar surface area (TPSA) is 100 Å². The Balaban J connectivity index is 1.36. The van der Waals surface area contributed by atoms with Crippen LogP contribution in [0.4, 0.5) is 0 Å². The van der Waals surface area contributed by atoms with Gasteiger partial charge >= 0.3 is 0 Å². The fourth-order valence-corrected chi connectivity index (χ4v) is 5.43. The van der Waals surface area contributed by atoms with Gasteiger partial charge in [0.1, 0.15) is 0 Å². The lowest BCUT2D eigenvalue weighted by atomic mass is 9.99. The molecule has 3 N–H and O–H groups in total. The Morgan fingerprint density at radius 1 is 0.886 bits per heavy atom. The number of aliphatic hydroxyl groups excluding tert-OH is 1. The van der Waals surface area contributed by atoms with Crippen LogP contribution in [0, 0.1) is 0 Å². The van der Waals surface area contributed by atoms with Crippen LogP contribution in [0.2, 0.25) is 0 Å². The molecule has 3 aromatic rings. The molecule has 1 saturated heterocycles. The Morgan fingerprint density at radius 3 is 2.25 bits per heavy atom. The summed E-state index contributed by atoms with van der Waals surface area (Å²) in [7, 11) is 2.13. The van der Waals surface area contributed by atoms with E-state index in [0.717, 1.165) is 54.5 Å². The number of ether oxygens (including phenoxy) is 2. The number of benzene rings is 3. The van der Waals surface area contributed by atoms with E-state index < -0.39 is 6.29 Å². The van der Waals surface area contributed by atoms with Crippen LogP contribution in [0.3, 0.4) is 0 Å². The summed E-state index contributed by atoms with van der Waals surface area (Å²) in [6.07, 6.45) is 3.03. The van der Waals surface area contributed by atoms with Gasteiger partial charge in [-0.25, -0.2) is 0 Å². The first kappa shape index (κ1) is 33.3. The van der Waals surface area contributed by atoms with E-state index >= 15 is 0 Å². The quantitative estimate of drug-likeness (QED) is 0.193. The fraction of sp³-hybridized carbons (Fsp3) is 0.444. The highest BCUT2D eigenvalue weighted by molar-refractivity contribution is 5.75. The van der Waals surface area contributed by atoms with E-state index in [9.17, 15) is 14.7 Å². The zero-order valence-electron chi connectivity index (χ0n) is 26.2. The summed E-state index contributed by atoms with van der Waals surface area (Å²) in [4.78, 5) is 25.6. The lowest BCUT2D eigenvalue weighted by molar-refractivity contribution is -0.253. The van der Waals surface area contributed by atoms with Crippen LogP contribution in [0.1, 0.15) is 92.2 Å². The van der Waals surface area contributed by atoms with Gasteiger partial charge in [0.05, 0.1) is 18.8 Å². The molecule has 0 aromatic heterocycles. The standard InChI is InChI=1S/C36H47N3O5/c1-26(30-10-6-4-7-11-30)39(3)24-33-22-34(31-17-15-29(25-40)16-18-31)44-36(43-33)32-19-13-28(14-20-32)23-38-35(42)12-8-5-9-21-37-27(2)41/h4,6-7,10-11,13-20,26,33-34,36,40H,5,8-9,12,21-25H2,1-3H3,(H,37,41)(H,38,42)/t26-,33+,34-,36-/m0/s1. The first-order valence-corrected chi connectivity index (χ1v) is 15.7. The van der Waals surface area contributed by atoms with Crippen LogP contribution < -0.4 is 10.6 Å². The van der Waals surface area contributed by atoms with E-state index in [1.54, 1.807) is 0 Å². The average molecular weight is 602 g/mol. The molecular weight excluding hydrogens is 554 g/mol. The highest BCUT2D eigenvalue weighted by atomic mass is 16.7. The predicted molar refractivity (Wildman–Crippen MR) is 171 cm³/mol. The van der Waals surface area contributed by atoms with E-state index in [1.807, 2.05) is 54.6 Å². The summed E-state index contributed by atoms with van der Waals surface area (Å²) < 4.78 is 13.1. The Hall–Kier alpha value is -3.56. The van der Waals surface area contributed by atoms with Crippen LogP contribution in [0.25, 0.3) is 0 Å². The van der Waals surface area contributed by atoms with E-state index in [2.05, 4.69) is 53.8 Å². The van der Waals surface area contributed by atoms with Gasteiger partial charge in [0.25, 0.3) is 0 Å². The van der Waals surface area contributed by atoms with Crippen molar-refractivity contribution < 1.29 is 24.2 Å². The largest absolute Gasteiger partial charge is 0.392 e. The SMILES string of the molecule is CC(=O)NCCCCCC(=O)NCc1ccc([C@H]2O[C@@H](CN(C)[C@@H](C)c3ccccc3)C[C@@H](c3ccc(CO)cc3)O2)cc1. The molecule has 236 valence electrons. The third-order valence-corrected chi connectivity index (χ3v) is 8.25. The van der Waals surface area contributed by atoms with Gasteiger partial charge in [-0.2, -0.15) is 0 Å². The molecule has 0 spiro atoms. The second kappa shape index (κ2) is 17.1. The lowest BCUT2D eigenvalue weighted by Crippen LogP contribution is -2.38. The second-order valence-electron chi connectivity index (χ2n) is 11.7. The fourth-order valence-electron chi connectivity index (χ4n) is 5.43. The summed E-state index contributed by atoms with van der Waals surface area (Å²) in [5.41, 5.74) is 5.13. The van der Waals surface area contributed by atoms with Crippen molar-refractivity contribution in [2.24, 2.45) is 0 Å². The van der Waals surface area contributed by atoms with Gasteiger partial charge in [0.2, 0.25) is 11.8 Å². The summed E-state index contributed by atoms with van der Waals surface area (Å²) >= 11 is 0. The molecule has 1 heterocycles. The molecule has 1 fully saturated rings. The highest BCUT2D eigenvalue weighted by Gasteiger charge is 2.33. The molecule has 2 amide bonds. The zero-order chi connectivity index (χ0) is 31.3. The predicted octanol–water partition coefficient (Wildman–Crippen LogP) is 5.73. The summed E-state index contributed by atoms with van der Waals surface area (Å²) in [5.74, 6) is 0.00363. The number of hydrogen-bond donors (Lipinski definition) is 3. The normalized spacial score (nSPS) is 19.0. The van der Waals surface area contributed by atoms with Crippen LogP contribution in [0.5, 0.6) is 0 Å². The van der Waals surface area contributed by atoms with Crippen molar-refractivity contribution in [3.63, 3.8) is 0 Å². The Morgan fingerprint density at radius 2 is 1.57 bits per heavy atom. The van der Waals surface area contributed by atoms with Crippen LogP contribution in [0.15, 0.2) is 78.9 Å². The highest BCUT2D eigenvalue weighted by Crippen LogP contribution is 2.38. The summed E-state index contributed by atoms with van der Waals surface area (Å²) in [6.45, 7) is 5.59. The Labute approximate surface area is 261 Å². The van der Waals surface area contributed by atoms with Gasteiger partial charge in [0.15, 0.2) is 6.29 Å². The number of amides is 2. The molecular formula is C36H47N3O5. The lowest BCUT2D eigenvalue weighted by Gasteiger charge is -2.39. The van der Waals surface area contributed by atoms with Crippen molar-refractivity contribution in [3.05, 3.63) is 107 Å². The number of carbonyl (C=O) groups is 2. The van der Waals surface area contributed by atoms with Crippen LogP contribution in [-0.4, -0.2) is 48.1 Å². The van der Waals surface area contributed by atoms with Crippen molar-refractivity contribution in [1.82, 2.24) is 15.5 Å². The first-order valence-electron chi connectivity index (χ1n) is 15.7. The van der Waals surface area contributed by atoms with Gasteiger partial charge in [-0.1, -0.05) is 85.3 Å². The Bertz CT molecular complexity index is 1300. The molecule has 44 heavy (non-hydrogen) atoms. The molecule has 0 saturated carbocycles. The van der Waals surface area contributed by atoms with Crippen LogP contribution >= 0.6 is 0 Å². The third-order valence-electron chi connectivity index (χ3n) is 8.25. The minimum absolute atomic E-state index is 0.00900. The molecule has 0 radical (unpaired) electrons. The van der Waals surface area contributed by atoms with Gasteiger partial charge in [-0.3, -0.25) is 14.5 Å². The molecule has 8 nitrogen and oxygen atoms in total. The van der Waals surface area contributed by atoms with E-state index in [-0.39, 0.29) is 36.7 Å². The van der Waals surface area contributed by atoms with Crippen molar-refractivity contribution >= 4 is 11.8 Å². The number of nitrogens with one attached hydrogen (secondary N) is 2. The van der Waals surface area contributed by atoms with Crippen molar-refractivity contribution in [1.29, 1.82) is 0 Å². The van der Waals surface area contributed by atoms with Crippen molar-refractivity contribution in [2.45, 2.75) is 83.6 Å². The minimum Gasteiger partial charge on any atom is -0.392 e. The molecule has 4 rings (SSSR count). The maximum absolute atomic E-state index is 12.3. The van der Waals surface area contributed by atoms with Crippen molar-refractivity contribution in [3.8, 4) is 0 Å². The maximum Gasteiger partial charge on any atom is 0.220 e. The monoisotopic (exact) mass is 601 g/mol. The molecule has 8 heteroatoms. The molecule has 0 aliphatic carbocycles. The number of nitrogens with zero attached hydrogens (tertiary/aromatic N) is 1. The number of carbonyl (C=O) groups excluding carboxylic acids is 2. The van der Waals surface area contributed by atoms with Gasteiger partial charge in [0, 0.05) is 51.0 Å². The average Bonchev–Trinajstić information content (AvgIpc) is 3.05. The van der Waals surface area contributed by atoms with Gasteiger partial charge in [-0.05, 0) is 49.1 Å². The molecule has 1 aliphatic heterocycles. The number of rotatable bonds is 15. The molecule has 3 aromatic carbocycles. The maximum atomic E-state index is 12.3. The molecule has 4 atom stereocenters. The third kappa shape index (κ3) is 10.3. The van der Waals surface area contributed by atoms with E-state index in [0.29, 0.717) is 19.5 Å². The Kier molecular flexibility index (Phi) is 12.9. The smallest absolute Gasteiger partial charge is 0.220 e. The number of aliphatic hydroxyl groups is 1. The van der Waals surface area contributed by atoms with E-state index in [1.165, 1.54) is 12.5 Å². The summed E-state index contributed by atoms with van der Waals surface area (Å²) in [5, 5.41) is 15.3. The van der Waals surface area contributed by atoms with Crippen molar-refractivity contribution in [2.75, 3.05) is 20.1 Å².